The minimum absolute atomic E-state index is 0.800. The Morgan fingerprint density at radius 3 is 2.22 bits per heavy atom. The fourth-order valence-corrected chi connectivity index (χ4v) is 2.87. The van der Waals surface area contributed by atoms with Crippen molar-refractivity contribution in [3.63, 3.8) is 0 Å². The van der Waals surface area contributed by atoms with Crippen LogP contribution in [0, 0.1) is 20.8 Å². The summed E-state index contributed by atoms with van der Waals surface area (Å²) in [5.41, 5.74) is 6.78. The number of nitrogens with zero attached hydrogens (tertiary/aromatic N) is 2. The van der Waals surface area contributed by atoms with Crippen LogP contribution in [0.25, 0.3) is 16.8 Å². The topological polar surface area (TPSA) is 27.1 Å². The number of rotatable bonds is 4. The standard InChI is InChI=1S/C20H21N2O/c1-5-16-6-10-18(11-7-16)22-15(3)20(14(2)21-22)17-8-12-19(23-4)13-9-17/h6-13H,1,5H2,2-4H3. The van der Waals surface area contributed by atoms with Gasteiger partial charge >= 0.3 is 0 Å². The SMILES string of the molecule is [CH2]Cc1ccc(-n2nc(C)c(-c3ccc(OC)cc3)c2C)cc1. The van der Waals surface area contributed by atoms with E-state index in [1.165, 1.54) is 11.1 Å². The number of hydrogen-bond donors (Lipinski definition) is 0. The third-order valence-electron chi connectivity index (χ3n) is 4.14. The number of hydrogen-bond acceptors (Lipinski definition) is 2. The number of benzene rings is 2. The Bertz CT molecular complexity index is 799. The smallest absolute Gasteiger partial charge is 0.118 e. The van der Waals surface area contributed by atoms with E-state index in [9.17, 15) is 0 Å². The van der Waals surface area contributed by atoms with Crippen LogP contribution in [-0.2, 0) is 6.42 Å². The quantitative estimate of drug-likeness (QED) is 0.707. The van der Waals surface area contributed by atoms with Crippen LogP contribution in [0.4, 0.5) is 0 Å². The first kappa shape index (κ1) is 15.3. The van der Waals surface area contributed by atoms with E-state index in [-0.39, 0.29) is 0 Å². The van der Waals surface area contributed by atoms with Crippen molar-refractivity contribution >= 4 is 0 Å². The largest absolute Gasteiger partial charge is 0.497 e. The summed E-state index contributed by atoms with van der Waals surface area (Å²) < 4.78 is 7.24. The van der Waals surface area contributed by atoms with E-state index in [2.05, 4.69) is 50.2 Å². The Morgan fingerprint density at radius 1 is 1.00 bits per heavy atom. The molecule has 3 heteroatoms. The zero-order valence-electron chi connectivity index (χ0n) is 13.8. The number of ether oxygens (including phenoxy) is 1. The molecule has 0 bridgehead atoms. The maximum Gasteiger partial charge on any atom is 0.118 e. The van der Waals surface area contributed by atoms with Crippen LogP contribution >= 0.6 is 0 Å². The fraction of sp³-hybridized carbons (Fsp3) is 0.200. The monoisotopic (exact) mass is 305 g/mol. The second kappa shape index (κ2) is 6.29. The van der Waals surface area contributed by atoms with E-state index in [0.717, 1.165) is 34.8 Å². The molecule has 0 spiro atoms. The van der Waals surface area contributed by atoms with Crippen molar-refractivity contribution in [3.05, 3.63) is 72.4 Å². The van der Waals surface area contributed by atoms with Crippen molar-refractivity contribution < 1.29 is 4.74 Å². The van der Waals surface area contributed by atoms with Gasteiger partial charge in [0.05, 0.1) is 18.5 Å². The summed E-state index contributed by atoms with van der Waals surface area (Å²) in [5.74, 6) is 0.861. The van der Waals surface area contributed by atoms with Crippen LogP contribution in [0.5, 0.6) is 5.75 Å². The summed E-state index contributed by atoms with van der Waals surface area (Å²) in [4.78, 5) is 0. The molecule has 3 aromatic rings. The lowest BCUT2D eigenvalue weighted by atomic mass is 10.0. The van der Waals surface area contributed by atoms with Crippen molar-refractivity contribution in [1.29, 1.82) is 0 Å². The molecule has 0 N–H and O–H groups in total. The second-order valence-corrected chi connectivity index (χ2v) is 5.60. The maximum absolute atomic E-state index is 5.24. The molecule has 3 rings (SSSR count). The van der Waals surface area contributed by atoms with Crippen molar-refractivity contribution in [3.8, 4) is 22.6 Å². The van der Waals surface area contributed by atoms with Crippen LogP contribution in [-0.4, -0.2) is 16.9 Å². The summed E-state index contributed by atoms with van der Waals surface area (Å²) in [6.07, 6.45) is 0.800. The molecule has 117 valence electrons. The normalized spacial score (nSPS) is 10.8. The zero-order chi connectivity index (χ0) is 16.4. The summed E-state index contributed by atoms with van der Waals surface area (Å²) in [5, 5.41) is 4.72. The highest BCUT2D eigenvalue weighted by atomic mass is 16.5. The Kier molecular flexibility index (Phi) is 4.20. The summed E-state index contributed by atoms with van der Waals surface area (Å²) in [6.45, 7) is 8.07. The van der Waals surface area contributed by atoms with Crippen LogP contribution in [0.3, 0.4) is 0 Å². The van der Waals surface area contributed by atoms with E-state index < -0.39 is 0 Å². The molecule has 0 amide bonds. The lowest BCUT2D eigenvalue weighted by Crippen LogP contribution is -1.99. The molecule has 1 heterocycles. The Hall–Kier alpha value is -2.55. The molecule has 0 fully saturated rings. The van der Waals surface area contributed by atoms with Crippen LogP contribution in [0.2, 0.25) is 0 Å². The third kappa shape index (κ3) is 2.87. The molecular formula is C20H21N2O. The molecule has 0 atom stereocenters. The van der Waals surface area contributed by atoms with E-state index >= 15 is 0 Å². The summed E-state index contributed by atoms with van der Waals surface area (Å²) in [6, 6.07) is 16.5. The van der Waals surface area contributed by atoms with E-state index in [4.69, 9.17) is 9.84 Å². The average Bonchev–Trinajstić information content (AvgIpc) is 2.89. The van der Waals surface area contributed by atoms with Crippen LogP contribution in [0.15, 0.2) is 48.5 Å². The van der Waals surface area contributed by atoms with Crippen molar-refractivity contribution in [2.45, 2.75) is 20.3 Å². The molecule has 0 aliphatic rings. The summed E-state index contributed by atoms with van der Waals surface area (Å²) in [7, 11) is 1.68. The van der Waals surface area contributed by atoms with E-state index in [1.54, 1.807) is 7.11 Å². The van der Waals surface area contributed by atoms with Gasteiger partial charge in [0.15, 0.2) is 0 Å². The van der Waals surface area contributed by atoms with Gasteiger partial charge in [-0.3, -0.25) is 0 Å². The van der Waals surface area contributed by atoms with Gasteiger partial charge in [-0.15, -0.1) is 0 Å². The molecular weight excluding hydrogens is 284 g/mol. The molecule has 3 nitrogen and oxygen atoms in total. The van der Waals surface area contributed by atoms with Gasteiger partial charge in [-0.2, -0.15) is 5.10 Å². The fourth-order valence-electron chi connectivity index (χ4n) is 2.87. The summed E-state index contributed by atoms with van der Waals surface area (Å²) >= 11 is 0. The average molecular weight is 305 g/mol. The van der Waals surface area contributed by atoms with E-state index in [0.29, 0.717) is 0 Å². The van der Waals surface area contributed by atoms with Gasteiger partial charge in [0.1, 0.15) is 5.75 Å². The number of methoxy groups -OCH3 is 1. The first-order valence-corrected chi connectivity index (χ1v) is 7.73. The molecule has 23 heavy (non-hydrogen) atoms. The minimum atomic E-state index is 0.800. The molecule has 0 aliphatic heterocycles. The molecule has 0 unspecified atom stereocenters. The first-order chi connectivity index (χ1) is 11.1. The van der Waals surface area contributed by atoms with Gasteiger partial charge in [-0.1, -0.05) is 24.3 Å². The second-order valence-electron chi connectivity index (χ2n) is 5.60. The minimum Gasteiger partial charge on any atom is -0.497 e. The van der Waals surface area contributed by atoms with Crippen molar-refractivity contribution in [2.24, 2.45) is 0 Å². The highest BCUT2D eigenvalue weighted by Crippen LogP contribution is 2.30. The molecule has 0 saturated heterocycles. The van der Waals surface area contributed by atoms with Crippen molar-refractivity contribution in [1.82, 2.24) is 9.78 Å². The third-order valence-corrected chi connectivity index (χ3v) is 4.14. The molecule has 1 aromatic heterocycles. The number of aromatic nitrogens is 2. The predicted octanol–water partition coefficient (Wildman–Crippen LogP) is 4.54. The highest BCUT2D eigenvalue weighted by molar-refractivity contribution is 5.69. The van der Waals surface area contributed by atoms with Gasteiger partial charge < -0.3 is 4.74 Å². The maximum atomic E-state index is 5.24. The van der Waals surface area contributed by atoms with Gasteiger partial charge in [-0.25, -0.2) is 4.68 Å². The van der Waals surface area contributed by atoms with Crippen LogP contribution in [0.1, 0.15) is 17.0 Å². The highest BCUT2D eigenvalue weighted by Gasteiger charge is 2.14. The molecule has 2 aromatic carbocycles. The van der Waals surface area contributed by atoms with Crippen LogP contribution < -0.4 is 4.74 Å². The molecule has 0 aliphatic carbocycles. The van der Waals surface area contributed by atoms with Gasteiger partial charge in [-0.05, 0) is 62.6 Å². The first-order valence-electron chi connectivity index (χ1n) is 7.73. The Morgan fingerprint density at radius 2 is 1.65 bits per heavy atom. The van der Waals surface area contributed by atoms with E-state index in [1.807, 2.05) is 23.7 Å². The van der Waals surface area contributed by atoms with Gasteiger partial charge in [0.25, 0.3) is 0 Å². The number of aryl methyl sites for hydroxylation is 1. The molecule has 1 radical (unpaired) electrons. The lowest BCUT2D eigenvalue weighted by Gasteiger charge is -2.07. The van der Waals surface area contributed by atoms with Gasteiger partial charge in [0, 0.05) is 11.3 Å². The Labute approximate surface area is 137 Å². The zero-order valence-corrected chi connectivity index (χ0v) is 13.8. The Balaban J connectivity index is 2.04. The van der Waals surface area contributed by atoms with Gasteiger partial charge in [0.2, 0.25) is 0 Å². The lowest BCUT2D eigenvalue weighted by molar-refractivity contribution is 0.415. The van der Waals surface area contributed by atoms with Crippen molar-refractivity contribution in [2.75, 3.05) is 7.11 Å². The molecule has 0 saturated carbocycles. The predicted molar refractivity (Wildman–Crippen MR) is 94.1 cm³/mol.